The highest BCUT2D eigenvalue weighted by molar-refractivity contribution is 5.89. The second-order valence-electron chi connectivity index (χ2n) is 5.20. The fourth-order valence-electron chi connectivity index (χ4n) is 2.84. The smallest absolute Gasteiger partial charge is 0.251 e. The van der Waals surface area contributed by atoms with Crippen LogP contribution in [-0.4, -0.2) is 51.3 Å². The summed E-state index contributed by atoms with van der Waals surface area (Å²) in [5.41, 5.74) is 1.44. The lowest BCUT2D eigenvalue weighted by Gasteiger charge is -2.36. The van der Waals surface area contributed by atoms with Crippen LogP contribution in [0.25, 0.3) is 11.0 Å². The summed E-state index contributed by atoms with van der Waals surface area (Å²) in [5.74, 6) is 0.789. The maximum Gasteiger partial charge on any atom is 0.251 e. The first-order chi connectivity index (χ1) is 10.8. The number of hydrogen-bond donors (Lipinski definition) is 2. The molecule has 0 atom stereocenters. The van der Waals surface area contributed by atoms with E-state index in [0.29, 0.717) is 5.65 Å². The number of nitrogens with zero attached hydrogens (tertiary/aromatic N) is 5. The molecule has 1 aliphatic rings. The number of piperazine rings is 1. The summed E-state index contributed by atoms with van der Waals surface area (Å²) >= 11 is 0. The number of fused-ring (bicyclic) bond motifs is 1. The van der Waals surface area contributed by atoms with Crippen LogP contribution in [0.4, 0.5) is 11.6 Å². The van der Waals surface area contributed by atoms with E-state index >= 15 is 0 Å². The zero-order chi connectivity index (χ0) is 14.9. The second-order valence-corrected chi connectivity index (χ2v) is 5.20. The highest BCUT2D eigenvalue weighted by Crippen LogP contribution is 2.24. The van der Waals surface area contributed by atoms with Crippen LogP contribution in [0.15, 0.2) is 35.5 Å². The molecule has 3 aromatic rings. The predicted molar refractivity (Wildman–Crippen MR) is 83.2 cm³/mol. The van der Waals surface area contributed by atoms with Crippen molar-refractivity contribution >= 4 is 22.7 Å². The summed E-state index contributed by atoms with van der Waals surface area (Å²) in [6, 6.07) is 5.51. The molecule has 4 heterocycles. The van der Waals surface area contributed by atoms with E-state index in [0.717, 1.165) is 43.2 Å². The van der Waals surface area contributed by atoms with Gasteiger partial charge in [-0.3, -0.25) is 4.79 Å². The second kappa shape index (κ2) is 5.14. The third-order valence-electron chi connectivity index (χ3n) is 3.92. The molecule has 1 saturated heterocycles. The lowest BCUT2D eigenvalue weighted by atomic mass is 10.2. The molecule has 0 saturated carbocycles. The van der Waals surface area contributed by atoms with Crippen LogP contribution in [0, 0.1) is 0 Å². The van der Waals surface area contributed by atoms with Crippen molar-refractivity contribution in [3.05, 3.63) is 41.1 Å². The number of rotatable bonds is 2. The number of H-pyrrole nitrogens is 2. The van der Waals surface area contributed by atoms with Crippen molar-refractivity contribution in [2.75, 3.05) is 36.0 Å². The Bertz CT molecular complexity index is 834. The topological polar surface area (TPSA) is 93.8 Å². The van der Waals surface area contributed by atoms with Gasteiger partial charge in [-0.1, -0.05) is 0 Å². The average molecular weight is 297 g/mol. The third kappa shape index (κ3) is 2.18. The minimum absolute atomic E-state index is 0.126. The molecule has 0 bridgehead atoms. The molecule has 0 aliphatic carbocycles. The molecule has 1 fully saturated rings. The van der Waals surface area contributed by atoms with Crippen molar-refractivity contribution in [1.82, 2.24) is 25.1 Å². The van der Waals surface area contributed by atoms with Crippen LogP contribution in [0.1, 0.15) is 0 Å². The van der Waals surface area contributed by atoms with E-state index in [1.165, 1.54) is 6.33 Å². The van der Waals surface area contributed by atoms with Gasteiger partial charge in [0.15, 0.2) is 0 Å². The van der Waals surface area contributed by atoms with Gasteiger partial charge in [0.05, 0.1) is 5.69 Å². The molecule has 22 heavy (non-hydrogen) atoms. The summed E-state index contributed by atoms with van der Waals surface area (Å²) in [4.78, 5) is 27.4. The maximum atomic E-state index is 11.8. The molecule has 8 heteroatoms. The van der Waals surface area contributed by atoms with E-state index in [-0.39, 0.29) is 5.56 Å². The van der Waals surface area contributed by atoms with Gasteiger partial charge in [-0.25, -0.2) is 10.1 Å². The molecule has 112 valence electrons. The number of hydrogen-bond acceptors (Lipinski definition) is 6. The van der Waals surface area contributed by atoms with E-state index in [1.807, 2.05) is 12.1 Å². The van der Waals surface area contributed by atoms with Gasteiger partial charge in [-0.05, 0) is 12.1 Å². The Hall–Kier alpha value is -2.90. The van der Waals surface area contributed by atoms with Crippen molar-refractivity contribution in [3.8, 4) is 0 Å². The zero-order valence-corrected chi connectivity index (χ0v) is 11.9. The van der Waals surface area contributed by atoms with Crippen molar-refractivity contribution in [3.63, 3.8) is 0 Å². The monoisotopic (exact) mass is 297 g/mol. The highest BCUT2D eigenvalue weighted by atomic mass is 16.1. The molecule has 0 unspecified atom stereocenters. The van der Waals surface area contributed by atoms with Crippen LogP contribution >= 0.6 is 0 Å². The van der Waals surface area contributed by atoms with Gasteiger partial charge in [0, 0.05) is 43.8 Å². The standard InChI is InChI=1S/C14H15N7O/c22-12-8-11(10-2-1-3-15-13(10)18-12)20-4-6-21(7-5-20)14-16-9-17-19-14/h1-3,8-9H,4-7H2,(H,15,18,22)(H,16,17,19). The summed E-state index contributed by atoms with van der Waals surface area (Å²) in [6.07, 6.45) is 3.20. The zero-order valence-electron chi connectivity index (χ0n) is 11.9. The fraction of sp³-hybridized carbons (Fsp3) is 0.286. The highest BCUT2D eigenvalue weighted by Gasteiger charge is 2.21. The summed E-state index contributed by atoms with van der Waals surface area (Å²) in [7, 11) is 0. The Morgan fingerprint density at radius 3 is 2.68 bits per heavy atom. The predicted octanol–water partition coefficient (Wildman–Crippen LogP) is 0.368. The van der Waals surface area contributed by atoms with Gasteiger partial charge in [-0.2, -0.15) is 10.1 Å². The number of pyridine rings is 2. The summed E-state index contributed by atoms with van der Waals surface area (Å²) < 4.78 is 0. The minimum Gasteiger partial charge on any atom is -0.367 e. The summed E-state index contributed by atoms with van der Waals surface area (Å²) in [6.45, 7) is 3.27. The van der Waals surface area contributed by atoms with Crippen LogP contribution < -0.4 is 15.4 Å². The Morgan fingerprint density at radius 2 is 1.91 bits per heavy atom. The quantitative estimate of drug-likeness (QED) is 0.709. The number of aromatic nitrogens is 5. The van der Waals surface area contributed by atoms with Gasteiger partial charge in [0.1, 0.15) is 12.0 Å². The number of anilines is 2. The van der Waals surface area contributed by atoms with E-state index in [9.17, 15) is 4.79 Å². The normalized spacial score (nSPS) is 15.5. The first-order valence-electron chi connectivity index (χ1n) is 7.14. The van der Waals surface area contributed by atoms with E-state index in [4.69, 9.17) is 0 Å². The molecule has 0 spiro atoms. The van der Waals surface area contributed by atoms with Gasteiger partial charge in [0.2, 0.25) is 5.95 Å². The molecule has 1 aliphatic heterocycles. The van der Waals surface area contributed by atoms with E-state index < -0.39 is 0 Å². The molecule has 0 amide bonds. The molecule has 0 radical (unpaired) electrons. The molecule has 8 nitrogen and oxygen atoms in total. The van der Waals surface area contributed by atoms with Crippen molar-refractivity contribution < 1.29 is 0 Å². The van der Waals surface area contributed by atoms with Crippen LogP contribution in [0.3, 0.4) is 0 Å². The number of aromatic amines is 2. The first-order valence-corrected chi connectivity index (χ1v) is 7.14. The Labute approximate surface area is 125 Å². The average Bonchev–Trinajstić information content (AvgIpc) is 3.09. The lowest BCUT2D eigenvalue weighted by molar-refractivity contribution is 0.642. The SMILES string of the molecule is O=c1cc(N2CCN(c3ncn[nH]3)CC2)c2cccnc2[nH]1. The van der Waals surface area contributed by atoms with Crippen LogP contribution in [-0.2, 0) is 0 Å². The minimum atomic E-state index is -0.126. The van der Waals surface area contributed by atoms with Crippen molar-refractivity contribution in [2.24, 2.45) is 0 Å². The van der Waals surface area contributed by atoms with Crippen LogP contribution in [0.2, 0.25) is 0 Å². The molecular formula is C14H15N7O. The third-order valence-corrected chi connectivity index (χ3v) is 3.92. The molecule has 2 N–H and O–H groups in total. The first kappa shape index (κ1) is 12.8. The fourth-order valence-corrected chi connectivity index (χ4v) is 2.84. The molecule has 0 aromatic carbocycles. The van der Waals surface area contributed by atoms with Crippen LogP contribution in [0.5, 0.6) is 0 Å². The molecule has 3 aromatic heterocycles. The molecular weight excluding hydrogens is 282 g/mol. The van der Waals surface area contributed by atoms with Crippen molar-refractivity contribution in [2.45, 2.75) is 0 Å². The number of nitrogens with one attached hydrogen (secondary N) is 2. The van der Waals surface area contributed by atoms with E-state index in [1.54, 1.807) is 12.3 Å². The van der Waals surface area contributed by atoms with Gasteiger partial charge in [-0.15, -0.1) is 0 Å². The summed E-state index contributed by atoms with van der Waals surface area (Å²) in [5, 5.41) is 7.73. The van der Waals surface area contributed by atoms with E-state index in [2.05, 4.69) is 34.9 Å². The van der Waals surface area contributed by atoms with Gasteiger partial charge < -0.3 is 14.8 Å². The van der Waals surface area contributed by atoms with Gasteiger partial charge >= 0.3 is 0 Å². The largest absolute Gasteiger partial charge is 0.367 e. The lowest BCUT2D eigenvalue weighted by Crippen LogP contribution is -2.47. The Balaban J connectivity index is 1.63. The van der Waals surface area contributed by atoms with Gasteiger partial charge in [0.25, 0.3) is 5.56 Å². The Kier molecular flexibility index (Phi) is 2.99. The van der Waals surface area contributed by atoms with Crippen molar-refractivity contribution in [1.29, 1.82) is 0 Å². The maximum absolute atomic E-state index is 11.8. The molecule has 4 rings (SSSR count). The Morgan fingerprint density at radius 1 is 1.09 bits per heavy atom.